The van der Waals surface area contributed by atoms with Crippen molar-refractivity contribution in [3.63, 3.8) is 0 Å². The molecule has 0 aromatic carbocycles. The largest absolute Gasteiger partial charge is 0.350 e. The molecule has 0 aliphatic carbocycles. The van der Waals surface area contributed by atoms with Crippen LogP contribution < -0.4 is 10.8 Å². The van der Waals surface area contributed by atoms with Gasteiger partial charge in [0, 0.05) is 56.4 Å². The van der Waals surface area contributed by atoms with E-state index in [0.717, 1.165) is 19.1 Å². The number of hydroxylamine groups is 1. The number of carbonyl (C=O) groups excluding carboxylic acids is 2. The van der Waals surface area contributed by atoms with Crippen LogP contribution in [0.2, 0.25) is 0 Å². The molecule has 2 unspecified atom stereocenters. The fourth-order valence-electron chi connectivity index (χ4n) is 3.99. The van der Waals surface area contributed by atoms with E-state index >= 15 is 0 Å². The first kappa shape index (κ1) is 26.2. The molecule has 2 saturated heterocycles. The van der Waals surface area contributed by atoms with Gasteiger partial charge < -0.3 is 15.0 Å². The monoisotopic (exact) mass is 520 g/mol. The summed E-state index contributed by atoms with van der Waals surface area (Å²) in [5.41, 5.74) is 1.95. The van der Waals surface area contributed by atoms with Gasteiger partial charge in [0.05, 0.1) is 6.54 Å². The molecule has 0 spiro atoms. The summed E-state index contributed by atoms with van der Waals surface area (Å²) in [6.45, 7) is 2.48. The van der Waals surface area contributed by atoms with Crippen molar-refractivity contribution in [2.45, 2.75) is 55.9 Å². The van der Waals surface area contributed by atoms with Crippen molar-refractivity contribution < 1.29 is 32.0 Å². The van der Waals surface area contributed by atoms with Gasteiger partial charge in [-0.05, 0) is 50.0 Å². The van der Waals surface area contributed by atoms with Gasteiger partial charge in [0.2, 0.25) is 0 Å². The number of alkyl halides is 1. The summed E-state index contributed by atoms with van der Waals surface area (Å²) in [5.74, 6) is 9.59. The fourth-order valence-corrected chi connectivity index (χ4v) is 4.83. The van der Waals surface area contributed by atoms with Gasteiger partial charge in [-0.25, -0.2) is 27.9 Å². The third-order valence-electron chi connectivity index (χ3n) is 6.67. The van der Waals surface area contributed by atoms with Crippen LogP contribution in [-0.2, 0) is 30.8 Å². The van der Waals surface area contributed by atoms with E-state index in [-0.39, 0.29) is 38.6 Å². The predicted octanol–water partition coefficient (Wildman–Crippen LogP) is 0.706. The molecular formula is C24H29FN4O6S. The number of ether oxygens (including phenoxy) is 1. The number of carbonyl (C=O) groups is 2. The lowest BCUT2D eigenvalue weighted by Gasteiger charge is -2.29. The smallest absolute Gasteiger partial charge is 0.328 e. The van der Waals surface area contributed by atoms with Gasteiger partial charge in [0.15, 0.2) is 26.5 Å². The molecular weight excluding hydrogens is 491 g/mol. The number of hydrogen-bond acceptors (Lipinski definition) is 7. The highest BCUT2D eigenvalue weighted by molar-refractivity contribution is 7.92. The summed E-state index contributed by atoms with van der Waals surface area (Å²) < 4.78 is 43.9. The van der Waals surface area contributed by atoms with E-state index in [9.17, 15) is 22.4 Å². The maximum absolute atomic E-state index is 13.8. The van der Waals surface area contributed by atoms with Crippen LogP contribution in [0.15, 0.2) is 12.3 Å². The van der Waals surface area contributed by atoms with E-state index in [2.05, 4.69) is 34.5 Å². The zero-order valence-corrected chi connectivity index (χ0v) is 21.0. The Morgan fingerprint density at radius 3 is 2.78 bits per heavy atom. The summed E-state index contributed by atoms with van der Waals surface area (Å²) >= 11 is 0. The van der Waals surface area contributed by atoms with E-state index in [1.54, 1.807) is 12.3 Å². The highest BCUT2D eigenvalue weighted by atomic mass is 32.2. The molecule has 1 aromatic rings. The van der Waals surface area contributed by atoms with Crippen LogP contribution in [0.3, 0.4) is 0 Å². The van der Waals surface area contributed by atoms with Crippen molar-refractivity contribution in [3.8, 4) is 23.7 Å². The molecule has 194 valence electrons. The van der Waals surface area contributed by atoms with Gasteiger partial charge in [-0.2, -0.15) is 0 Å². The molecule has 4 rings (SSSR count). The summed E-state index contributed by atoms with van der Waals surface area (Å²) in [7, 11) is -3.85. The summed E-state index contributed by atoms with van der Waals surface area (Å²) in [6.07, 6.45) is 4.20. The third-order valence-corrected chi connectivity index (χ3v) is 8.70. The van der Waals surface area contributed by atoms with Crippen LogP contribution in [0, 0.1) is 23.7 Å². The van der Waals surface area contributed by atoms with Gasteiger partial charge in [-0.3, -0.25) is 9.36 Å². The van der Waals surface area contributed by atoms with Gasteiger partial charge in [-0.15, -0.1) is 0 Å². The van der Waals surface area contributed by atoms with Gasteiger partial charge in [-0.1, -0.05) is 5.92 Å². The highest BCUT2D eigenvalue weighted by Gasteiger charge is 2.45. The van der Waals surface area contributed by atoms with Crippen LogP contribution >= 0.6 is 0 Å². The quantitative estimate of drug-likeness (QED) is 0.401. The number of nitrogens with zero attached hydrogens (tertiary/aromatic N) is 2. The molecule has 4 heterocycles. The van der Waals surface area contributed by atoms with Crippen LogP contribution in [0.4, 0.5) is 9.18 Å². The third kappa shape index (κ3) is 5.57. The first-order chi connectivity index (χ1) is 17.0. The topological polar surface area (TPSA) is 119 Å². The van der Waals surface area contributed by atoms with Crippen molar-refractivity contribution >= 4 is 21.8 Å². The zero-order chi connectivity index (χ0) is 26.0. The van der Waals surface area contributed by atoms with Crippen LogP contribution in [0.1, 0.15) is 43.9 Å². The van der Waals surface area contributed by atoms with E-state index < -0.39 is 32.5 Å². The maximum atomic E-state index is 13.8. The number of amides is 2. The molecule has 10 nitrogen and oxygen atoms in total. The molecule has 36 heavy (non-hydrogen) atoms. The lowest BCUT2D eigenvalue weighted by Crippen LogP contribution is -2.55. The molecule has 2 N–H and O–H groups in total. The Labute approximate surface area is 209 Å². The summed E-state index contributed by atoms with van der Waals surface area (Å²) in [5, 5.41) is 2.81. The van der Waals surface area contributed by atoms with Crippen LogP contribution in [0.25, 0.3) is 0 Å². The van der Waals surface area contributed by atoms with E-state index in [4.69, 9.17) is 9.57 Å². The van der Waals surface area contributed by atoms with Crippen molar-refractivity contribution in [3.05, 3.63) is 23.5 Å². The minimum absolute atomic E-state index is 0.0382. The van der Waals surface area contributed by atoms with Crippen molar-refractivity contribution in [2.24, 2.45) is 0 Å². The molecule has 3 aliphatic heterocycles. The molecule has 3 aliphatic rings. The second-order valence-corrected chi connectivity index (χ2v) is 11.9. The molecule has 2 amide bonds. The first-order valence-electron chi connectivity index (χ1n) is 11.7. The van der Waals surface area contributed by atoms with E-state index in [1.807, 2.05) is 0 Å². The average molecular weight is 521 g/mol. The van der Waals surface area contributed by atoms with Gasteiger partial charge in [0.1, 0.15) is 0 Å². The van der Waals surface area contributed by atoms with E-state index in [0.29, 0.717) is 24.3 Å². The Morgan fingerprint density at radius 1 is 1.39 bits per heavy atom. The Bertz CT molecular complexity index is 1260. The number of rotatable bonds is 7. The molecule has 0 bridgehead atoms. The maximum Gasteiger partial charge on any atom is 0.328 e. The fraction of sp³-hybridized carbons (Fsp3) is 0.583. The molecule has 0 radical (unpaired) electrons. The Hall–Kier alpha value is -2.90. The van der Waals surface area contributed by atoms with Crippen LogP contribution in [0.5, 0.6) is 0 Å². The molecule has 0 saturated carbocycles. The van der Waals surface area contributed by atoms with Crippen molar-refractivity contribution in [1.82, 2.24) is 20.3 Å². The molecule has 1 aromatic heterocycles. The Balaban J connectivity index is 1.35. The number of sulfone groups is 1. The highest BCUT2D eigenvalue weighted by Crippen LogP contribution is 2.26. The summed E-state index contributed by atoms with van der Waals surface area (Å²) in [6, 6.07) is 1.37. The molecule has 2 atom stereocenters. The lowest BCUT2D eigenvalue weighted by atomic mass is 10.0. The standard InChI is InChI=1S/C24H29FN4O6S/c1-23(36(2,32)33,21(30)27-35-20-8-4-6-12-34-20)10-11-28-15-19-13-18(14-29(19)22(28)31)7-3-5-9-24(25)16-26-17-24/h13-14,20,26H,4,6,8,10-12,15-17H2,1-2H3,(H,27,30). The first-order valence-corrected chi connectivity index (χ1v) is 13.6. The predicted molar refractivity (Wildman–Crippen MR) is 128 cm³/mol. The lowest BCUT2D eigenvalue weighted by molar-refractivity contribution is -0.201. The normalized spacial score (nSPS) is 22.2. The number of hydrogen-bond donors (Lipinski definition) is 2. The average Bonchev–Trinajstić information content (AvgIpc) is 3.35. The number of halogens is 1. The van der Waals surface area contributed by atoms with Crippen molar-refractivity contribution in [2.75, 3.05) is 32.5 Å². The second kappa shape index (κ2) is 10.2. The molecule has 2 fully saturated rings. The van der Waals surface area contributed by atoms with Gasteiger partial charge >= 0.3 is 6.03 Å². The summed E-state index contributed by atoms with van der Waals surface area (Å²) in [4.78, 5) is 32.4. The molecule has 12 heteroatoms. The second-order valence-electron chi connectivity index (χ2n) is 9.46. The number of fused-ring (bicyclic) bond motifs is 1. The minimum atomic E-state index is -3.85. The zero-order valence-electron chi connectivity index (χ0n) is 20.2. The van der Waals surface area contributed by atoms with Gasteiger partial charge in [0.25, 0.3) is 5.91 Å². The van der Waals surface area contributed by atoms with Crippen LogP contribution in [-0.4, -0.2) is 79.0 Å². The van der Waals surface area contributed by atoms with E-state index in [1.165, 1.54) is 16.4 Å². The number of nitrogens with one attached hydrogen (secondary N) is 2. The Morgan fingerprint density at radius 2 is 2.17 bits per heavy atom. The van der Waals surface area contributed by atoms with Crippen molar-refractivity contribution in [1.29, 1.82) is 0 Å². The Kier molecular flexibility index (Phi) is 7.43. The number of aromatic nitrogens is 1. The minimum Gasteiger partial charge on any atom is -0.350 e. The SMILES string of the molecule is CC(CCN1Cc2cc(C#CC#CC3(F)CNC3)cn2C1=O)(C(=O)NOC1CCCCO1)S(C)(=O)=O.